The summed E-state index contributed by atoms with van der Waals surface area (Å²) in [6.07, 6.45) is 2.64. The van der Waals surface area contributed by atoms with Crippen LogP contribution in [0.5, 0.6) is 0 Å². The second-order valence-electron chi connectivity index (χ2n) is 7.55. The van der Waals surface area contributed by atoms with Gasteiger partial charge in [-0.25, -0.2) is 4.68 Å². The predicted octanol–water partition coefficient (Wildman–Crippen LogP) is 2.80. The summed E-state index contributed by atoms with van der Waals surface area (Å²) in [5.41, 5.74) is 2.45. The minimum atomic E-state index is -0.268. The van der Waals surface area contributed by atoms with Gasteiger partial charge in [-0.3, -0.25) is 14.5 Å². The molecule has 1 amide bonds. The van der Waals surface area contributed by atoms with E-state index >= 15 is 0 Å². The normalized spacial score (nSPS) is 15.0. The number of hydrogen-bond acceptors (Lipinski definition) is 5. The quantitative estimate of drug-likeness (QED) is 0.782. The van der Waals surface area contributed by atoms with Crippen LogP contribution in [0.2, 0.25) is 5.02 Å². The molecule has 7 nitrogen and oxygen atoms in total. The summed E-state index contributed by atoms with van der Waals surface area (Å²) in [7, 11) is 0. The summed E-state index contributed by atoms with van der Waals surface area (Å²) in [6.45, 7) is 9.03. The molecule has 1 saturated heterocycles. The monoisotopic (exact) mass is 417 g/mol. The van der Waals surface area contributed by atoms with E-state index in [4.69, 9.17) is 11.6 Å². The number of aromatic nitrogens is 2. The maximum atomic E-state index is 12.4. The van der Waals surface area contributed by atoms with Crippen molar-refractivity contribution in [1.82, 2.24) is 14.7 Å². The fourth-order valence-electron chi connectivity index (χ4n) is 3.40. The number of halogens is 1. The molecule has 1 N–H and O–H groups in total. The van der Waals surface area contributed by atoms with Gasteiger partial charge in [0.2, 0.25) is 5.91 Å². The van der Waals surface area contributed by atoms with Crippen molar-refractivity contribution in [3.8, 4) is 0 Å². The number of rotatable bonds is 6. The first kappa shape index (κ1) is 21.3. The molecule has 8 heteroatoms. The van der Waals surface area contributed by atoms with E-state index in [1.54, 1.807) is 6.20 Å². The Hall–Kier alpha value is -2.38. The third-order valence-electron chi connectivity index (χ3n) is 5.14. The molecule has 1 aromatic heterocycles. The topological polar surface area (TPSA) is 70.5 Å². The van der Waals surface area contributed by atoms with Crippen LogP contribution in [0.3, 0.4) is 0 Å². The highest BCUT2D eigenvalue weighted by atomic mass is 35.5. The second-order valence-corrected chi connectivity index (χ2v) is 7.93. The lowest BCUT2D eigenvalue weighted by atomic mass is 10.1. The minimum Gasteiger partial charge on any atom is -0.366 e. The molecule has 3 rings (SSSR count). The van der Waals surface area contributed by atoms with E-state index in [0.717, 1.165) is 12.1 Å². The number of amides is 1. The van der Waals surface area contributed by atoms with Crippen molar-refractivity contribution in [3.05, 3.63) is 51.4 Å². The second kappa shape index (κ2) is 9.41. The molecule has 2 heterocycles. The third-order valence-corrected chi connectivity index (χ3v) is 5.50. The molecule has 29 heavy (non-hydrogen) atoms. The van der Waals surface area contributed by atoms with Gasteiger partial charge in [0.05, 0.1) is 24.5 Å². The van der Waals surface area contributed by atoms with Crippen LogP contribution in [0.1, 0.15) is 32.4 Å². The Balaban J connectivity index is 1.54. The molecule has 0 aliphatic carbocycles. The summed E-state index contributed by atoms with van der Waals surface area (Å²) >= 11 is 6.32. The van der Waals surface area contributed by atoms with Crippen LogP contribution in [0.15, 0.2) is 35.3 Å². The molecular weight excluding hydrogens is 390 g/mol. The molecule has 1 fully saturated rings. The Bertz CT molecular complexity index is 902. The Labute approximate surface area is 176 Å². The maximum absolute atomic E-state index is 12.4. The number of benzene rings is 1. The van der Waals surface area contributed by atoms with E-state index in [0.29, 0.717) is 38.4 Å². The number of hydrogen-bond donors (Lipinski definition) is 1. The molecule has 1 aliphatic rings. The fourth-order valence-corrected chi connectivity index (χ4v) is 3.65. The Morgan fingerprint density at radius 3 is 2.41 bits per heavy atom. The lowest BCUT2D eigenvalue weighted by molar-refractivity contribution is -0.117. The average Bonchev–Trinajstić information content (AvgIpc) is 2.71. The van der Waals surface area contributed by atoms with E-state index in [1.165, 1.54) is 10.2 Å². The molecule has 0 unspecified atom stereocenters. The summed E-state index contributed by atoms with van der Waals surface area (Å²) in [4.78, 5) is 28.9. The van der Waals surface area contributed by atoms with Crippen LogP contribution in [-0.4, -0.2) is 53.3 Å². The molecule has 0 atom stereocenters. The molecule has 1 aromatic carbocycles. The van der Waals surface area contributed by atoms with Crippen LogP contribution in [0.25, 0.3) is 0 Å². The van der Waals surface area contributed by atoms with Gasteiger partial charge in [0.25, 0.3) is 5.56 Å². The zero-order chi connectivity index (χ0) is 21.0. The Morgan fingerprint density at radius 1 is 1.17 bits per heavy atom. The van der Waals surface area contributed by atoms with Crippen LogP contribution in [-0.2, 0) is 11.2 Å². The highest BCUT2D eigenvalue weighted by Crippen LogP contribution is 2.23. The van der Waals surface area contributed by atoms with Gasteiger partial charge in [0, 0.05) is 31.9 Å². The van der Waals surface area contributed by atoms with E-state index in [2.05, 4.69) is 27.1 Å². The summed E-state index contributed by atoms with van der Waals surface area (Å²) in [5, 5.41) is 7.39. The van der Waals surface area contributed by atoms with Gasteiger partial charge in [-0.05, 0) is 38.0 Å². The van der Waals surface area contributed by atoms with Crippen molar-refractivity contribution in [2.45, 2.75) is 33.2 Å². The molecule has 0 bridgehead atoms. The SMILES string of the molecule is CCc1ccc(NC(=O)CN2CCN(c3cnn(C(C)C)c(=O)c3Cl)CC2)cc1. The summed E-state index contributed by atoms with van der Waals surface area (Å²) < 4.78 is 1.39. The Morgan fingerprint density at radius 2 is 1.83 bits per heavy atom. The number of aryl methyl sites for hydroxylation is 1. The van der Waals surface area contributed by atoms with E-state index < -0.39 is 0 Å². The first-order valence-electron chi connectivity index (χ1n) is 10.0. The highest BCUT2D eigenvalue weighted by Gasteiger charge is 2.23. The van der Waals surface area contributed by atoms with Crippen molar-refractivity contribution >= 4 is 28.9 Å². The first-order valence-corrected chi connectivity index (χ1v) is 10.4. The van der Waals surface area contributed by atoms with Crippen molar-refractivity contribution in [2.24, 2.45) is 0 Å². The number of piperazine rings is 1. The van der Waals surface area contributed by atoms with Gasteiger partial charge in [-0.1, -0.05) is 30.7 Å². The number of carbonyl (C=O) groups excluding carboxylic acids is 1. The van der Waals surface area contributed by atoms with Crippen molar-refractivity contribution in [1.29, 1.82) is 0 Å². The van der Waals surface area contributed by atoms with Gasteiger partial charge in [0.15, 0.2) is 0 Å². The highest BCUT2D eigenvalue weighted by molar-refractivity contribution is 6.33. The fraction of sp³-hybridized carbons (Fsp3) is 0.476. The zero-order valence-corrected chi connectivity index (χ0v) is 17.9. The largest absolute Gasteiger partial charge is 0.366 e. The standard InChI is InChI=1S/C21H28ClN5O2/c1-4-16-5-7-17(8-6-16)24-19(28)14-25-9-11-26(12-10-25)18-13-23-27(15(2)3)21(29)20(18)22/h5-8,13,15H,4,9-12,14H2,1-3H3,(H,24,28). The molecule has 0 spiro atoms. The van der Waals surface area contributed by atoms with Gasteiger partial charge in [0.1, 0.15) is 5.02 Å². The van der Waals surface area contributed by atoms with Crippen LogP contribution >= 0.6 is 11.6 Å². The lowest BCUT2D eigenvalue weighted by Gasteiger charge is -2.35. The number of nitrogens with one attached hydrogen (secondary N) is 1. The number of nitrogens with zero attached hydrogens (tertiary/aromatic N) is 4. The molecule has 2 aromatic rings. The van der Waals surface area contributed by atoms with Crippen molar-refractivity contribution < 1.29 is 4.79 Å². The molecular formula is C21H28ClN5O2. The molecule has 1 aliphatic heterocycles. The zero-order valence-electron chi connectivity index (χ0n) is 17.2. The van der Waals surface area contributed by atoms with Crippen LogP contribution in [0, 0.1) is 0 Å². The number of carbonyl (C=O) groups is 1. The van der Waals surface area contributed by atoms with Crippen molar-refractivity contribution in [3.63, 3.8) is 0 Å². The molecule has 156 valence electrons. The van der Waals surface area contributed by atoms with Crippen LogP contribution < -0.4 is 15.8 Å². The van der Waals surface area contributed by atoms with E-state index in [-0.39, 0.29) is 22.5 Å². The van der Waals surface area contributed by atoms with Gasteiger partial charge < -0.3 is 10.2 Å². The predicted molar refractivity (Wildman–Crippen MR) is 117 cm³/mol. The smallest absolute Gasteiger partial charge is 0.287 e. The van der Waals surface area contributed by atoms with E-state index in [1.807, 2.05) is 38.1 Å². The van der Waals surface area contributed by atoms with E-state index in [9.17, 15) is 9.59 Å². The molecule has 0 saturated carbocycles. The first-order chi connectivity index (χ1) is 13.9. The summed E-state index contributed by atoms with van der Waals surface area (Å²) in [6, 6.07) is 7.88. The minimum absolute atomic E-state index is 0.0260. The van der Waals surface area contributed by atoms with Gasteiger partial charge in [-0.2, -0.15) is 5.10 Å². The average molecular weight is 418 g/mol. The summed E-state index contributed by atoms with van der Waals surface area (Å²) in [5.74, 6) is -0.0260. The van der Waals surface area contributed by atoms with Gasteiger partial charge >= 0.3 is 0 Å². The third kappa shape index (κ3) is 5.16. The van der Waals surface area contributed by atoms with Gasteiger partial charge in [-0.15, -0.1) is 0 Å². The Kier molecular flexibility index (Phi) is 6.92. The lowest BCUT2D eigenvalue weighted by Crippen LogP contribution is -2.49. The van der Waals surface area contributed by atoms with Crippen molar-refractivity contribution in [2.75, 3.05) is 42.9 Å². The molecule has 0 radical (unpaired) electrons. The number of anilines is 2. The maximum Gasteiger partial charge on any atom is 0.287 e. The van der Waals surface area contributed by atoms with Crippen LogP contribution in [0.4, 0.5) is 11.4 Å².